The summed E-state index contributed by atoms with van der Waals surface area (Å²) in [5.74, 6) is 0.506. The van der Waals surface area contributed by atoms with Crippen molar-refractivity contribution < 1.29 is 8.42 Å². The number of sulfone groups is 1. The van der Waals surface area contributed by atoms with E-state index in [1.165, 1.54) is 0 Å². The zero-order valence-corrected chi connectivity index (χ0v) is 12.6. The van der Waals surface area contributed by atoms with Gasteiger partial charge in [-0.25, -0.2) is 13.1 Å². The third-order valence-corrected chi connectivity index (χ3v) is 5.69. The SMILES string of the molecule is O=S1(=O)CCC(n2nnc3ccc(I)cc32)CC1. The summed E-state index contributed by atoms with van der Waals surface area (Å²) in [6.07, 6.45) is 1.26. The maximum atomic E-state index is 11.4. The van der Waals surface area contributed by atoms with Crippen LogP contribution in [0.3, 0.4) is 0 Å². The molecule has 1 aliphatic heterocycles. The molecule has 0 unspecified atom stereocenters. The molecule has 1 saturated heterocycles. The number of hydrogen-bond acceptors (Lipinski definition) is 4. The summed E-state index contributed by atoms with van der Waals surface area (Å²) in [5.41, 5.74) is 1.86. The van der Waals surface area contributed by atoms with Gasteiger partial charge in [0.05, 0.1) is 23.1 Å². The molecule has 0 radical (unpaired) electrons. The monoisotopic (exact) mass is 377 g/mol. The fraction of sp³-hybridized carbons (Fsp3) is 0.455. The number of hydrogen-bond donors (Lipinski definition) is 0. The maximum absolute atomic E-state index is 11.4. The molecule has 2 aromatic rings. The summed E-state index contributed by atoms with van der Waals surface area (Å²) in [6.45, 7) is 0. The highest BCUT2D eigenvalue weighted by Gasteiger charge is 2.26. The fourth-order valence-corrected chi connectivity index (χ4v) is 4.24. The lowest BCUT2D eigenvalue weighted by Gasteiger charge is -2.22. The third kappa shape index (κ3) is 2.25. The average Bonchev–Trinajstić information content (AvgIpc) is 2.72. The Morgan fingerprint density at radius 2 is 2.00 bits per heavy atom. The standard InChI is InChI=1S/C11H12IN3O2S/c12-8-1-2-10-11(7-8)15(14-13-10)9-3-5-18(16,17)6-4-9/h1-2,7,9H,3-6H2. The Balaban J connectivity index is 1.98. The van der Waals surface area contributed by atoms with Gasteiger partial charge in [0, 0.05) is 3.57 Å². The number of benzene rings is 1. The van der Waals surface area contributed by atoms with E-state index in [0.29, 0.717) is 12.8 Å². The molecule has 2 heterocycles. The molecule has 1 aromatic heterocycles. The predicted octanol–water partition coefficient (Wildman–Crippen LogP) is 1.79. The summed E-state index contributed by atoms with van der Waals surface area (Å²) < 4.78 is 25.9. The summed E-state index contributed by atoms with van der Waals surface area (Å²) >= 11 is 2.25. The Labute approximate surface area is 119 Å². The lowest BCUT2D eigenvalue weighted by atomic mass is 10.1. The number of nitrogens with zero attached hydrogens (tertiary/aromatic N) is 3. The molecule has 0 N–H and O–H groups in total. The highest BCUT2D eigenvalue weighted by molar-refractivity contribution is 14.1. The van der Waals surface area contributed by atoms with Crippen LogP contribution < -0.4 is 0 Å². The van der Waals surface area contributed by atoms with Gasteiger partial charge in [0.2, 0.25) is 0 Å². The van der Waals surface area contributed by atoms with Crippen LogP contribution in [0, 0.1) is 3.57 Å². The van der Waals surface area contributed by atoms with Crippen LogP contribution in [0.2, 0.25) is 0 Å². The summed E-state index contributed by atoms with van der Waals surface area (Å²) in [7, 11) is -2.83. The van der Waals surface area contributed by atoms with Gasteiger partial charge in [-0.2, -0.15) is 0 Å². The minimum Gasteiger partial charge on any atom is -0.241 e. The molecular weight excluding hydrogens is 365 g/mol. The highest BCUT2D eigenvalue weighted by Crippen LogP contribution is 2.26. The quantitative estimate of drug-likeness (QED) is 0.711. The molecule has 1 aliphatic rings. The Kier molecular flexibility index (Phi) is 3.05. The molecule has 0 atom stereocenters. The zero-order chi connectivity index (χ0) is 12.8. The van der Waals surface area contributed by atoms with Gasteiger partial charge < -0.3 is 0 Å². The van der Waals surface area contributed by atoms with Crippen molar-refractivity contribution in [3.05, 3.63) is 21.8 Å². The van der Waals surface area contributed by atoms with E-state index in [-0.39, 0.29) is 17.5 Å². The lowest BCUT2D eigenvalue weighted by molar-refractivity contribution is 0.415. The molecule has 1 fully saturated rings. The Morgan fingerprint density at radius 1 is 1.28 bits per heavy atom. The van der Waals surface area contributed by atoms with E-state index in [0.717, 1.165) is 14.6 Å². The van der Waals surface area contributed by atoms with Gasteiger partial charge in [0.1, 0.15) is 15.4 Å². The molecule has 0 aliphatic carbocycles. The highest BCUT2D eigenvalue weighted by atomic mass is 127. The van der Waals surface area contributed by atoms with Crippen molar-refractivity contribution in [3.63, 3.8) is 0 Å². The molecule has 1 aromatic carbocycles. The van der Waals surface area contributed by atoms with Crippen LogP contribution in [0.15, 0.2) is 18.2 Å². The first-order valence-corrected chi connectivity index (χ1v) is 8.66. The molecule has 7 heteroatoms. The molecule has 18 heavy (non-hydrogen) atoms. The first-order valence-electron chi connectivity index (χ1n) is 5.76. The molecule has 0 saturated carbocycles. The maximum Gasteiger partial charge on any atom is 0.150 e. The molecule has 0 spiro atoms. The van der Waals surface area contributed by atoms with Gasteiger partial charge in [-0.1, -0.05) is 5.21 Å². The second kappa shape index (κ2) is 4.44. The van der Waals surface area contributed by atoms with E-state index in [4.69, 9.17) is 0 Å². The zero-order valence-electron chi connectivity index (χ0n) is 9.58. The second-order valence-corrected chi connectivity index (χ2v) is 8.10. The van der Waals surface area contributed by atoms with Gasteiger partial charge in [0.25, 0.3) is 0 Å². The van der Waals surface area contributed by atoms with Crippen LogP contribution in [-0.2, 0) is 9.84 Å². The Morgan fingerprint density at radius 3 is 2.72 bits per heavy atom. The lowest BCUT2D eigenvalue weighted by Crippen LogP contribution is -2.26. The normalized spacial score (nSPS) is 20.3. The first kappa shape index (κ1) is 12.3. The van der Waals surface area contributed by atoms with Crippen molar-refractivity contribution >= 4 is 43.5 Å². The van der Waals surface area contributed by atoms with Crippen molar-refractivity contribution in [1.29, 1.82) is 0 Å². The van der Waals surface area contributed by atoms with Gasteiger partial charge in [-0.05, 0) is 53.6 Å². The Bertz CT molecular complexity index is 681. The number of fused-ring (bicyclic) bond motifs is 1. The molecular formula is C11H12IN3O2S. The van der Waals surface area contributed by atoms with E-state index in [9.17, 15) is 8.42 Å². The van der Waals surface area contributed by atoms with E-state index >= 15 is 0 Å². The average molecular weight is 377 g/mol. The summed E-state index contributed by atoms with van der Waals surface area (Å²) in [4.78, 5) is 0. The fourth-order valence-electron chi connectivity index (χ4n) is 2.30. The van der Waals surface area contributed by atoms with Crippen molar-refractivity contribution in [3.8, 4) is 0 Å². The first-order chi connectivity index (χ1) is 8.55. The van der Waals surface area contributed by atoms with E-state index < -0.39 is 9.84 Å². The predicted molar refractivity (Wildman–Crippen MR) is 77.2 cm³/mol. The second-order valence-electron chi connectivity index (χ2n) is 4.55. The molecule has 0 amide bonds. The van der Waals surface area contributed by atoms with Gasteiger partial charge in [-0.15, -0.1) is 5.10 Å². The van der Waals surface area contributed by atoms with Crippen LogP contribution in [0.1, 0.15) is 18.9 Å². The van der Waals surface area contributed by atoms with Crippen LogP contribution in [-0.4, -0.2) is 34.9 Å². The smallest absolute Gasteiger partial charge is 0.150 e. The van der Waals surface area contributed by atoms with Gasteiger partial charge in [-0.3, -0.25) is 0 Å². The molecule has 96 valence electrons. The van der Waals surface area contributed by atoms with E-state index in [1.54, 1.807) is 0 Å². The summed E-state index contributed by atoms with van der Waals surface area (Å²) in [6, 6.07) is 6.13. The van der Waals surface area contributed by atoms with Crippen LogP contribution >= 0.6 is 22.6 Å². The number of rotatable bonds is 1. The molecule has 5 nitrogen and oxygen atoms in total. The minimum absolute atomic E-state index is 0.150. The minimum atomic E-state index is -2.83. The van der Waals surface area contributed by atoms with E-state index in [2.05, 4.69) is 32.9 Å². The van der Waals surface area contributed by atoms with Crippen molar-refractivity contribution in [2.45, 2.75) is 18.9 Å². The molecule has 0 bridgehead atoms. The van der Waals surface area contributed by atoms with Crippen molar-refractivity contribution in [2.75, 3.05) is 11.5 Å². The number of aromatic nitrogens is 3. The number of halogens is 1. The third-order valence-electron chi connectivity index (χ3n) is 3.30. The largest absolute Gasteiger partial charge is 0.241 e. The topological polar surface area (TPSA) is 64.8 Å². The summed E-state index contributed by atoms with van der Waals surface area (Å²) in [5, 5.41) is 8.31. The van der Waals surface area contributed by atoms with Crippen LogP contribution in [0.4, 0.5) is 0 Å². The van der Waals surface area contributed by atoms with Gasteiger partial charge >= 0.3 is 0 Å². The van der Waals surface area contributed by atoms with Crippen molar-refractivity contribution in [1.82, 2.24) is 15.0 Å². The van der Waals surface area contributed by atoms with Crippen LogP contribution in [0.5, 0.6) is 0 Å². The van der Waals surface area contributed by atoms with Crippen LogP contribution in [0.25, 0.3) is 11.0 Å². The molecule has 3 rings (SSSR count). The van der Waals surface area contributed by atoms with Gasteiger partial charge in [0.15, 0.2) is 0 Å². The van der Waals surface area contributed by atoms with E-state index in [1.807, 2.05) is 22.9 Å². The van der Waals surface area contributed by atoms with Crippen molar-refractivity contribution in [2.24, 2.45) is 0 Å². The Hall–Kier alpha value is -0.700.